The maximum absolute atomic E-state index is 12.8. The van der Waals surface area contributed by atoms with Gasteiger partial charge in [0.05, 0.1) is 23.6 Å². The fourth-order valence-electron chi connectivity index (χ4n) is 2.74. The van der Waals surface area contributed by atoms with Gasteiger partial charge in [-0.05, 0) is 36.8 Å². The smallest absolute Gasteiger partial charge is 0.338 e. The lowest BCUT2D eigenvalue weighted by Crippen LogP contribution is -2.31. The van der Waals surface area contributed by atoms with Gasteiger partial charge in [-0.25, -0.2) is 9.69 Å². The Kier molecular flexibility index (Phi) is 4.90. The van der Waals surface area contributed by atoms with E-state index in [4.69, 9.17) is 4.74 Å². The summed E-state index contributed by atoms with van der Waals surface area (Å²) in [6, 6.07) is 14.2. The number of aryl methyl sites for hydroxylation is 1. The van der Waals surface area contributed by atoms with Crippen molar-refractivity contribution in [2.24, 2.45) is 0 Å². The van der Waals surface area contributed by atoms with Crippen molar-refractivity contribution in [2.45, 2.75) is 23.5 Å². The predicted octanol–water partition coefficient (Wildman–Crippen LogP) is 3.21. The summed E-state index contributed by atoms with van der Waals surface area (Å²) in [7, 11) is 1.31. The summed E-state index contributed by atoms with van der Waals surface area (Å²) in [5, 5.41) is -0.557. The van der Waals surface area contributed by atoms with E-state index in [0.717, 1.165) is 5.56 Å². The van der Waals surface area contributed by atoms with Gasteiger partial charge in [0, 0.05) is 11.3 Å². The van der Waals surface area contributed by atoms with E-state index in [1.165, 1.54) is 23.8 Å². The molecule has 2 aromatic carbocycles. The van der Waals surface area contributed by atoms with E-state index in [1.54, 1.807) is 30.3 Å². The quantitative estimate of drug-likeness (QED) is 0.622. The molecule has 1 atom stereocenters. The van der Waals surface area contributed by atoms with Gasteiger partial charge in [-0.2, -0.15) is 0 Å². The van der Waals surface area contributed by atoms with E-state index in [2.05, 4.69) is 0 Å². The van der Waals surface area contributed by atoms with Gasteiger partial charge in [-0.15, -0.1) is 11.8 Å². The minimum atomic E-state index is -0.557. The molecule has 0 saturated carbocycles. The topological polar surface area (TPSA) is 63.7 Å². The number of methoxy groups -OCH3 is 1. The highest BCUT2D eigenvalue weighted by Crippen LogP contribution is 2.35. The molecule has 0 radical (unpaired) electrons. The zero-order valence-electron chi connectivity index (χ0n) is 13.9. The Morgan fingerprint density at radius 3 is 2.64 bits per heavy atom. The van der Waals surface area contributed by atoms with Gasteiger partial charge in [0.2, 0.25) is 11.8 Å². The highest BCUT2D eigenvalue weighted by molar-refractivity contribution is 8.00. The summed E-state index contributed by atoms with van der Waals surface area (Å²) < 4.78 is 4.78. The first-order valence-corrected chi connectivity index (χ1v) is 8.66. The van der Waals surface area contributed by atoms with Crippen LogP contribution in [0.1, 0.15) is 22.3 Å². The van der Waals surface area contributed by atoms with Gasteiger partial charge in [0.1, 0.15) is 0 Å². The number of ether oxygens (including phenoxy) is 1. The van der Waals surface area contributed by atoms with Gasteiger partial charge < -0.3 is 4.74 Å². The minimum absolute atomic E-state index is 0.104. The summed E-state index contributed by atoms with van der Waals surface area (Å²) in [4.78, 5) is 38.9. The van der Waals surface area contributed by atoms with Crippen molar-refractivity contribution >= 4 is 35.2 Å². The van der Waals surface area contributed by atoms with Crippen LogP contribution in [0.4, 0.5) is 5.69 Å². The number of anilines is 1. The van der Waals surface area contributed by atoms with Crippen LogP contribution in [0.2, 0.25) is 0 Å². The molecule has 25 heavy (non-hydrogen) atoms. The lowest BCUT2D eigenvalue weighted by atomic mass is 10.2. The van der Waals surface area contributed by atoms with Crippen LogP contribution < -0.4 is 4.90 Å². The molecule has 0 aromatic heterocycles. The second kappa shape index (κ2) is 7.11. The second-order valence-electron chi connectivity index (χ2n) is 5.70. The fourth-order valence-corrected chi connectivity index (χ4v) is 3.91. The molecule has 0 bridgehead atoms. The largest absolute Gasteiger partial charge is 0.465 e. The maximum atomic E-state index is 12.8. The number of carbonyl (C=O) groups is 3. The monoisotopic (exact) mass is 355 g/mol. The second-order valence-corrected chi connectivity index (χ2v) is 6.95. The van der Waals surface area contributed by atoms with Crippen molar-refractivity contribution in [2.75, 3.05) is 12.0 Å². The number of hydrogen-bond acceptors (Lipinski definition) is 5. The Hall–Kier alpha value is -2.60. The maximum Gasteiger partial charge on any atom is 0.338 e. The molecule has 0 aliphatic carbocycles. The van der Waals surface area contributed by atoms with Crippen molar-refractivity contribution < 1.29 is 19.1 Å². The SMILES string of the molecule is COC(=O)c1ccccc1S[C@@H]1CC(=O)N(c2cccc(C)c2)C1=O. The van der Waals surface area contributed by atoms with Crippen molar-refractivity contribution in [3.8, 4) is 0 Å². The third-order valence-corrected chi connectivity index (χ3v) is 5.19. The van der Waals surface area contributed by atoms with Gasteiger partial charge in [-0.1, -0.05) is 24.3 Å². The molecular weight excluding hydrogens is 338 g/mol. The first-order chi connectivity index (χ1) is 12.0. The molecule has 0 spiro atoms. The number of carbonyl (C=O) groups excluding carboxylic acids is 3. The Balaban J connectivity index is 1.85. The standard InChI is InChI=1S/C19H17NO4S/c1-12-6-5-7-13(10-12)20-17(21)11-16(18(20)22)25-15-9-4-3-8-14(15)19(23)24-2/h3-10,16H,11H2,1-2H3/t16-/m1/s1. The first kappa shape index (κ1) is 17.2. The highest BCUT2D eigenvalue weighted by atomic mass is 32.2. The van der Waals surface area contributed by atoms with Crippen molar-refractivity contribution in [3.05, 3.63) is 59.7 Å². The molecule has 0 unspecified atom stereocenters. The zero-order valence-corrected chi connectivity index (χ0v) is 14.7. The third-order valence-electron chi connectivity index (χ3n) is 3.93. The average Bonchev–Trinajstić information content (AvgIpc) is 2.88. The van der Waals surface area contributed by atoms with Crippen LogP contribution in [0.3, 0.4) is 0 Å². The lowest BCUT2D eigenvalue weighted by molar-refractivity contribution is -0.121. The molecule has 1 saturated heterocycles. The highest BCUT2D eigenvalue weighted by Gasteiger charge is 2.40. The number of rotatable bonds is 4. The molecule has 6 heteroatoms. The Morgan fingerprint density at radius 2 is 1.92 bits per heavy atom. The molecule has 3 rings (SSSR count). The van der Waals surface area contributed by atoms with Crippen molar-refractivity contribution in [1.82, 2.24) is 0 Å². The number of amides is 2. The fraction of sp³-hybridized carbons (Fsp3) is 0.211. The molecule has 1 aliphatic heterocycles. The third kappa shape index (κ3) is 3.44. The lowest BCUT2D eigenvalue weighted by Gasteiger charge is -2.16. The van der Waals surface area contributed by atoms with Gasteiger partial charge >= 0.3 is 5.97 Å². The summed E-state index contributed by atoms with van der Waals surface area (Å²) >= 11 is 1.22. The molecular formula is C19H17NO4S. The number of thioether (sulfide) groups is 1. The van der Waals surface area contributed by atoms with E-state index in [0.29, 0.717) is 16.1 Å². The summed E-state index contributed by atoms with van der Waals surface area (Å²) in [6.07, 6.45) is 0.104. The van der Waals surface area contributed by atoms with Crippen LogP contribution in [0, 0.1) is 6.92 Å². The molecule has 5 nitrogen and oxygen atoms in total. The predicted molar refractivity (Wildman–Crippen MR) is 95.7 cm³/mol. The average molecular weight is 355 g/mol. The van der Waals surface area contributed by atoms with Crippen molar-refractivity contribution in [1.29, 1.82) is 0 Å². The summed E-state index contributed by atoms with van der Waals surface area (Å²) in [6.45, 7) is 1.91. The van der Waals surface area contributed by atoms with E-state index >= 15 is 0 Å². The molecule has 1 fully saturated rings. The number of imide groups is 1. The van der Waals surface area contributed by atoms with E-state index in [-0.39, 0.29) is 18.2 Å². The molecule has 2 aromatic rings. The van der Waals surface area contributed by atoms with Crippen LogP contribution in [0.25, 0.3) is 0 Å². The normalized spacial score (nSPS) is 17.0. The number of esters is 1. The Labute approximate surface area is 150 Å². The van der Waals surface area contributed by atoms with Gasteiger partial charge in [-0.3, -0.25) is 9.59 Å². The van der Waals surface area contributed by atoms with Gasteiger partial charge in [0.15, 0.2) is 0 Å². The van der Waals surface area contributed by atoms with Crippen LogP contribution >= 0.6 is 11.8 Å². The van der Waals surface area contributed by atoms with Crippen LogP contribution in [0.15, 0.2) is 53.4 Å². The number of hydrogen-bond donors (Lipinski definition) is 0. The van der Waals surface area contributed by atoms with Crippen LogP contribution in [0.5, 0.6) is 0 Å². The Morgan fingerprint density at radius 1 is 1.16 bits per heavy atom. The summed E-state index contributed by atoms with van der Waals surface area (Å²) in [5.41, 5.74) is 1.95. The van der Waals surface area contributed by atoms with E-state index in [1.807, 2.05) is 25.1 Å². The molecule has 1 heterocycles. The Bertz CT molecular complexity index is 849. The number of nitrogens with zero attached hydrogens (tertiary/aromatic N) is 1. The summed E-state index contributed by atoms with van der Waals surface area (Å²) in [5.74, 6) is -0.959. The zero-order chi connectivity index (χ0) is 18.0. The van der Waals surface area contributed by atoms with Crippen LogP contribution in [-0.4, -0.2) is 30.1 Å². The first-order valence-electron chi connectivity index (χ1n) is 7.78. The molecule has 2 amide bonds. The van der Waals surface area contributed by atoms with Crippen molar-refractivity contribution in [3.63, 3.8) is 0 Å². The minimum Gasteiger partial charge on any atom is -0.465 e. The van der Waals surface area contributed by atoms with Gasteiger partial charge in [0.25, 0.3) is 0 Å². The number of benzene rings is 2. The molecule has 128 valence electrons. The molecule has 0 N–H and O–H groups in total. The molecule has 1 aliphatic rings. The van der Waals surface area contributed by atoms with E-state index in [9.17, 15) is 14.4 Å². The van der Waals surface area contributed by atoms with E-state index < -0.39 is 11.2 Å². The van der Waals surface area contributed by atoms with Crippen LogP contribution in [-0.2, 0) is 14.3 Å².